The molecular weight excluding hydrogens is 431 g/mol. The summed E-state index contributed by atoms with van der Waals surface area (Å²) in [5, 5.41) is 17.4. The Kier molecular flexibility index (Phi) is 6.54. The number of nitriles is 1. The van der Waals surface area contributed by atoms with E-state index < -0.39 is 5.91 Å². The lowest BCUT2D eigenvalue weighted by Crippen LogP contribution is -2.14. The van der Waals surface area contributed by atoms with Crippen molar-refractivity contribution in [2.24, 2.45) is 0 Å². The molecule has 0 saturated heterocycles. The summed E-state index contributed by atoms with van der Waals surface area (Å²) < 4.78 is 1.09. The van der Waals surface area contributed by atoms with Crippen molar-refractivity contribution >= 4 is 51.5 Å². The minimum atomic E-state index is -0.521. The molecule has 0 radical (unpaired) electrons. The number of nitrogens with one attached hydrogen (secondary N) is 3. The Bertz CT molecular complexity index is 837. The number of anilines is 3. The van der Waals surface area contributed by atoms with E-state index in [1.54, 1.807) is 24.3 Å². The Morgan fingerprint density at radius 3 is 2.00 bits per heavy atom. The van der Waals surface area contributed by atoms with Gasteiger partial charge in [-0.1, -0.05) is 0 Å². The number of hydrogen-bond donors (Lipinski definition) is 3. The Labute approximate surface area is 159 Å². The second kappa shape index (κ2) is 8.84. The van der Waals surface area contributed by atoms with Crippen LogP contribution in [-0.4, -0.2) is 11.8 Å². The van der Waals surface area contributed by atoms with E-state index in [-0.39, 0.29) is 11.5 Å². The summed E-state index contributed by atoms with van der Waals surface area (Å²) in [4.78, 5) is 23.1. The van der Waals surface area contributed by atoms with Crippen LogP contribution in [0.5, 0.6) is 0 Å². The van der Waals surface area contributed by atoms with Gasteiger partial charge < -0.3 is 16.0 Å². The smallest absolute Gasteiger partial charge is 0.267 e. The van der Waals surface area contributed by atoms with Crippen LogP contribution >= 0.6 is 22.6 Å². The predicted molar refractivity (Wildman–Crippen MR) is 106 cm³/mol. The molecule has 0 aromatic heterocycles. The molecule has 2 aromatic carbocycles. The SMILES string of the molecule is CC(=O)Nc1ccc(NC(=O)/C(C#N)=C\Nc2ccc(I)cc2)cc1. The van der Waals surface area contributed by atoms with E-state index in [9.17, 15) is 14.9 Å². The number of carbonyl (C=O) groups excluding carboxylic acids is 2. The molecule has 0 bridgehead atoms. The number of benzene rings is 2. The van der Waals surface area contributed by atoms with Gasteiger partial charge in [0.05, 0.1) is 0 Å². The molecule has 0 aliphatic heterocycles. The number of halogens is 1. The van der Waals surface area contributed by atoms with Gasteiger partial charge in [-0.25, -0.2) is 0 Å². The fourth-order valence-corrected chi connectivity index (χ4v) is 2.25. The van der Waals surface area contributed by atoms with Gasteiger partial charge in [-0.05, 0) is 71.1 Å². The molecule has 0 atom stereocenters. The number of rotatable bonds is 5. The highest BCUT2D eigenvalue weighted by Crippen LogP contribution is 2.15. The monoisotopic (exact) mass is 446 g/mol. The zero-order valence-electron chi connectivity index (χ0n) is 13.3. The molecule has 7 heteroatoms. The van der Waals surface area contributed by atoms with Crippen LogP contribution in [0.1, 0.15) is 6.92 Å². The fourth-order valence-electron chi connectivity index (χ4n) is 1.89. The van der Waals surface area contributed by atoms with Crippen LogP contribution in [0.2, 0.25) is 0 Å². The van der Waals surface area contributed by atoms with E-state index in [0.717, 1.165) is 9.26 Å². The molecule has 0 aliphatic rings. The molecule has 0 aliphatic carbocycles. The number of nitrogens with zero attached hydrogens (tertiary/aromatic N) is 1. The first-order valence-electron chi connectivity index (χ1n) is 7.29. The lowest BCUT2D eigenvalue weighted by molar-refractivity contribution is -0.114. The Hall–Kier alpha value is -2.86. The molecule has 25 heavy (non-hydrogen) atoms. The third kappa shape index (κ3) is 5.93. The van der Waals surface area contributed by atoms with E-state index in [1.165, 1.54) is 13.1 Å². The molecule has 126 valence electrons. The first-order valence-corrected chi connectivity index (χ1v) is 8.37. The van der Waals surface area contributed by atoms with Crippen molar-refractivity contribution in [1.82, 2.24) is 0 Å². The van der Waals surface area contributed by atoms with E-state index in [0.29, 0.717) is 11.4 Å². The summed E-state index contributed by atoms with van der Waals surface area (Å²) in [6.45, 7) is 1.42. The molecule has 2 aromatic rings. The molecule has 2 amide bonds. The van der Waals surface area contributed by atoms with Crippen molar-refractivity contribution in [2.45, 2.75) is 6.92 Å². The molecule has 0 fully saturated rings. The van der Waals surface area contributed by atoms with Crippen molar-refractivity contribution in [3.05, 3.63) is 63.9 Å². The van der Waals surface area contributed by atoms with Crippen molar-refractivity contribution in [3.63, 3.8) is 0 Å². The van der Waals surface area contributed by atoms with E-state index in [4.69, 9.17) is 0 Å². The highest BCUT2D eigenvalue weighted by atomic mass is 127. The summed E-state index contributed by atoms with van der Waals surface area (Å²) >= 11 is 2.19. The molecule has 2 rings (SSSR count). The van der Waals surface area contributed by atoms with Gasteiger partial charge in [-0.3, -0.25) is 9.59 Å². The van der Waals surface area contributed by atoms with Gasteiger partial charge in [0.15, 0.2) is 0 Å². The zero-order chi connectivity index (χ0) is 18.2. The van der Waals surface area contributed by atoms with Crippen LogP contribution < -0.4 is 16.0 Å². The lowest BCUT2D eigenvalue weighted by atomic mass is 10.2. The second-order valence-electron chi connectivity index (χ2n) is 5.03. The van der Waals surface area contributed by atoms with Crippen LogP contribution in [-0.2, 0) is 9.59 Å². The minimum absolute atomic E-state index is 0.0514. The summed E-state index contributed by atoms with van der Waals surface area (Å²) in [6, 6.07) is 16.0. The van der Waals surface area contributed by atoms with Gasteiger partial charge in [-0.2, -0.15) is 5.26 Å². The Morgan fingerprint density at radius 2 is 1.48 bits per heavy atom. The number of hydrogen-bond acceptors (Lipinski definition) is 4. The van der Waals surface area contributed by atoms with Crippen molar-refractivity contribution < 1.29 is 9.59 Å². The molecule has 0 heterocycles. The van der Waals surface area contributed by atoms with Crippen LogP contribution in [0.3, 0.4) is 0 Å². The minimum Gasteiger partial charge on any atom is -0.360 e. The van der Waals surface area contributed by atoms with Crippen molar-refractivity contribution in [1.29, 1.82) is 5.26 Å². The number of carbonyl (C=O) groups is 2. The lowest BCUT2D eigenvalue weighted by Gasteiger charge is -2.07. The standard InChI is InChI=1S/C18H15IN4O2/c1-12(24)22-16-6-8-17(9-7-16)23-18(25)13(10-20)11-21-15-4-2-14(19)3-5-15/h2-9,11,21H,1H3,(H,22,24)(H,23,25)/b13-11-. The summed E-state index contributed by atoms with van der Waals surface area (Å²) in [5.41, 5.74) is 1.88. The topological polar surface area (TPSA) is 94.0 Å². The van der Waals surface area contributed by atoms with Gasteiger partial charge in [0.1, 0.15) is 11.6 Å². The molecule has 0 unspecified atom stereocenters. The maximum absolute atomic E-state index is 12.2. The molecule has 0 saturated carbocycles. The summed E-state index contributed by atoms with van der Waals surface area (Å²) in [7, 11) is 0. The maximum Gasteiger partial charge on any atom is 0.267 e. The van der Waals surface area contributed by atoms with Crippen LogP contribution in [0, 0.1) is 14.9 Å². The molecular formula is C18H15IN4O2. The number of amides is 2. The van der Waals surface area contributed by atoms with Gasteiger partial charge >= 0.3 is 0 Å². The third-order valence-electron chi connectivity index (χ3n) is 3.06. The van der Waals surface area contributed by atoms with Crippen LogP contribution in [0.4, 0.5) is 17.1 Å². The zero-order valence-corrected chi connectivity index (χ0v) is 15.5. The van der Waals surface area contributed by atoms with Gasteiger partial charge in [0.25, 0.3) is 5.91 Å². The maximum atomic E-state index is 12.2. The van der Waals surface area contributed by atoms with Crippen LogP contribution in [0.25, 0.3) is 0 Å². The van der Waals surface area contributed by atoms with Crippen molar-refractivity contribution in [3.8, 4) is 6.07 Å². The quantitative estimate of drug-likeness (QED) is 0.371. The molecule has 6 nitrogen and oxygen atoms in total. The van der Waals surface area contributed by atoms with Crippen LogP contribution in [0.15, 0.2) is 60.3 Å². The average molecular weight is 446 g/mol. The highest BCUT2D eigenvalue weighted by molar-refractivity contribution is 14.1. The third-order valence-corrected chi connectivity index (χ3v) is 3.77. The van der Waals surface area contributed by atoms with Gasteiger partial charge in [0, 0.05) is 33.8 Å². The fraction of sp³-hybridized carbons (Fsp3) is 0.0556. The van der Waals surface area contributed by atoms with Gasteiger partial charge in [-0.15, -0.1) is 0 Å². The Balaban J connectivity index is 2.01. The first kappa shape index (κ1) is 18.5. The van der Waals surface area contributed by atoms with E-state index >= 15 is 0 Å². The Morgan fingerprint density at radius 1 is 0.960 bits per heavy atom. The second-order valence-corrected chi connectivity index (χ2v) is 6.28. The summed E-state index contributed by atoms with van der Waals surface area (Å²) in [6.07, 6.45) is 1.36. The van der Waals surface area contributed by atoms with E-state index in [1.807, 2.05) is 30.3 Å². The van der Waals surface area contributed by atoms with Gasteiger partial charge in [0.2, 0.25) is 5.91 Å². The van der Waals surface area contributed by atoms with E-state index in [2.05, 4.69) is 38.5 Å². The largest absolute Gasteiger partial charge is 0.360 e. The predicted octanol–water partition coefficient (Wildman–Crippen LogP) is 3.71. The van der Waals surface area contributed by atoms with Crippen molar-refractivity contribution in [2.75, 3.05) is 16.0 Å². The first-order chi connectivity index (χ1) is 12.0. The normalized spacial score (nSPS) is 10.5. The molecule has 3 N–H and O–H groups in total. The summed E-state index contributed by atoms with van der Waals surface area (Å²) in [5.74, 6) is -0.694. The average Bonchev–Trinajstić information content (AvgIpc) is 2.58. The highest BCUT2D eigenvalue weighted by Gasteiger charge is 2.09. The molecule has 0 spiro atoms.